The zero-order valence-electron chi connectivity index (χ0n) is 16.5. The summed E-state index contributed by atoms with van der Waals surface area (Å²) in [5.74, 6) is 0.782. The van der Waals surface area contributed by atoms with E-state index in [0.717, 1.165) is 59.6 Å². The molecule has 28 heavy (non-hydrogen) atoms. The molecular formula is C22H27ClN2O3. The molecule has 0 aromatic heterocycles. The van der Waals surface area contributed by atoms with Crippen LogP contribution in [0.25, 0.3) is 0 Å². The van der Waals surface area contributed by atoms with Crippen LogP contribution in [0.2, 0.25) is 5.02 Å². The fourth-order valence-electron chi connectivity index (χ4n) is 3.21. The molecule has 150 valence electrons. The van der Waals surface area contributed by atoms with E-state index < -0.39 is 0 Å². The number of anilines is 2. The van der Waals surface area contributed by atoms with E-state index >= 15 is 0 Å². The third-order valence-electron chi connectivity index (χ3n) is 4.75. The van der Waals surface area contributed by atoms with Gasteiger partial charge in [0, 0.05) is 35.9 Å². The molecule has 5 nitrogen and oxygen atoms in total. The van der Waals surface area contributed by atoms with Gasteiger partial charge in [0.25, 0.3) is 0 Å². The van der Waals surface area contributed by atoms with Crippen LogP contribution in [0.15, 0.2) is 36.4 Å². The number of halogens is 1. The molecule has 0 saturated carbocycles. The Morgan fingerprint density at radius 3 is 2.43 bits per heavy atom. The number of rotatable bonds is 7. The molecule has 0 aliphatic carbocycles. The van der Waals surface area contributed by atoms with Crippen molar-refractivity contribution in [1.82, 2.24) is 0 Å². The van der Waals surface area contributed by atoms with Crippen LogP contribution in [0.4, 0.5) is 11.4 Å². The summed E-state index contributed by atoms with van der Waals surface area (Å²) in [6.07, 6.45) is 1.06. The maximum absolute atomic E-state index is 12.2. The lowest BCUT2D eigenvalue weighted by Crippen LogP contribution is -2.36. The standard InChI is InChI=1S/C22H27ClN2O3/c1-16-14-20(15-17(2)22(16)23)28-11-3-4-21(26)24-18-5-7-19(8-6-18)25-9-12-27-13-10-25/h5-8,14-15H,3-4,9-13H2,1-2H3,(H,24,26). The first-order valence-electron chi connectivity index (χ1n) is 9.65. The van der Waals surface area contributed by atoms with Gasteiger partial charge in [-0.2, -0.15) is 0 Å². The Hall–Kier alpha value is -2.24. The Morgan fingerprint density at radius 2 is 1.79 bits per heavy atom. The lowest BCUT2D eigenvalue weighted by atomic mass is 10.1. The van der Waals surface area contributed by atoms with Gasteiger partial charge in [-0.05, 0) is 67.8 Å². The predicted octanol–water partition coefficient (Wildman–Crippen LogP) is 4.59. The van der Waals surface area contributed by atoms with Crippen LogP contribution >= 0.6 is 11.6 Å². The number of hydrogen-bond donors (Lipinski definition) is 1. The Bertz CT molecular complexity index is 779. The van der Waals surface area contributed by atoms with E-state index in [1.165, 1.54) is 0 Å². The zero-order chi connectivity index (χ0) is 19.9. The van der Waals surface area contributed by atoms with Gasteiger partial charge in [0.2, 0.25) is 5.91 Å². The molecule has 0 radical (unpaired) electrons. The summed E-state index contributed by atoms with van der Waals surface area (Å²) in [4.78, 5) is 14.4. The van der Waals surface area contributed by atoms with Crippen molar-refractivity contribution < 1.29 is 14.3 Å². The first kappa shape index (κ1) is 20.5. The molecule has 6 heteroatoms. The highest BCUT2D eigenvalue weighted by atomic mass is 35.5. The normalized spacial score (nSPS) is 14.0. The molecule has 1 N–H and O–H groups in total. The van der Waals surface area contributed by atoms with Crippen LogP contribution in [0.3, 0.4) is 0 Å². The summed E-state index contributed by atoms with van der Waals surface area (Å²) in [6, 6.07) is 11.8. The van der Waals surface area contributed by atoms with Gasteiger partial charge in [-0.1, -0.05) is 11.6 Å². The van der Waals surface area contributed by atoms with Crippen LogP contribution in [0, 0.1) is 13.8 Å². The summed E-state index contributed by atoms with van der Waals surface area (Å²) in [5.41, 5.74) is 3.96. The fraction of sp³-hybridized carbons (Fsp3) is 0.409. The number of benzene rings is 2. The topological polar surface area (TPSA) is 50.8 Å². The number of nitrogens with one attached hydrogen (secondary N) is 1. The first-order chi connectivity index (χ1) is 13.5. The molecule has 1 saturated heterocycles. The van der Waals surface area contributed by atoms with Crippen LogP contribution in [-0.2, 0) is 9.53 Å². The van der Waals surface area contributed by atoms with Crippen molar-refractivity contribution >= 4 is 28.9 Å². The molecule has 1 amide bonds. The quantitative estimate of drug-likeness (QED) is 0.688. The minimum atomic E-state index is -0.00816. The monoisotopic (exact) mass is 402 g/mol. The van der Waals surface area contributed by atoms with Gasteiger partial charge in [-0.25, -0.2) is 0 Å². The third-order valence-corrected chi connectivity index (χ3v) is 5.35. The number of hydrogen-bond acceptors (Lipinski definition) is 4. The molecule has 0 atom stereocenters. The largest absolute Gasteiger partial charge is 0.494 e. The van der Waals surface area contributed by atoms with Crippen molar-refractivity contribution in [2.45, 2.75) is 26.7 Å². The highest BCUT2D eigenvalue weighted by Crippen LogP contribution is 2.26. The molecule has 2 aromatic rings. The Morgan fingerprint density at radius 1 is 1.14 bits per heavy atom. The van der Waals surface area contributed by atoms with Gasteiger partial charge >= 0.3 is 0 Å². The van der Waals surface area contributed by atoms with Crippen molar-refractivity contribution in [3.8, 4) is 5.75 Å². The average molecular weight is 403 g/mol. The van der Waals surface area contributed by atoms with E-state index in [-0.39, 0.29) is 5.91 Å². The van der Waals surface area contributed by atoms with Crippen LogP contribution < -0.4 is 15.0 Å². The van der Waals surface area contributed by atoms with E-state index in [2.05, 4.69) is 10.2 Å². The van der Waals surface area contributed by atoms with Gasteiger partial charge < -0.3 is 19.7 Å². The van der Waals surface area contributed by atoms with Crippen LogP contribution in [0.5, 0.6) is 5.75 Å². The summed E-state index contributed by atoms with van der Waals surface area (Å²) >= 11 is 6.17. The van der Waals surface area contributed by atoms with Crippen molar-refractivity contribution in [2.24, 2.45) is 0 Å². The lowest BCUT2D eigenvalue weighted by molar-refractivity contribution is -0.116. The van der Waals surface area contributed by atoms with Crippen molar-refractivity contribution in [2.75, 3.05) is 43.1 Å². The predicted molar refractivity (Wildman–Crippen MR) is 114 cm³/mol. The minimum absolute atomic E-state index is 0.00816. The maximum atomic E-state index is 12.2. The van der Waals surface area contributed by atoms with E-state index in [0.29, 0.717) is 19.4 Å². The summed E-state index contributed by atoms with van der Waals surface area (Å²) in [6.45, 7) is 7.73. The van der Waals surface area contributed by atoms with E-state index in [1.54, 1.807) is 0 Å². The smallest absolute Gasteiger partial charge is 0.224 e. The fourth-order valence-corrected chi connectivity index (χ4v) is 3.32. The molecule has 1 aliphatic rings. The number of carbonyl (C=O) groups excluding carboxylic acids is 1. The molecule has 3 rings (SSSR count). The van der Waals surface area contributed by atoms with Gasteiger partial charge in [0.15, 0.2) is 0 Å². The van der Waals surface area contributed by atoms with Gasteiger partial charge in [-0.15, -0.1) is 0 Å². The molecule has 1 aliphatic heterocycles. The summed E-state index contributed by atoms with van der Waals surface area (Å²) in [5, 5.41) is 3.71. The Labute approximate surface area is 171 Å². The lowest BCUT2D eigenvalue weighted by Gasteiger charge is -2.28. The SMILES string of the molecule is Cc1cc(OCCCC(=O)Nc2ccc(N3CCOCC3)cc2)cc(C)c1Cl. The van der Waals surface area contributed by atoms with Crippen molar-refractivity contribution in [3.63, 3.8) is 0 Å². The van der Waals surface area contributed by atoms with E-state index in [1.807, 2.05) is 50.2 Å². The van der Waals surface area contributed by atoms with Gasteiger partial charge in [-0.3, -0.25) is 4.79 Å². The number of aryl methyl sites for hydroxylation is 2. The van der Waals surface area contributed by atoms with Gasteiger partial charge in [0.05, 0.1) is 19.8 Å². The van der Waals surface area contributed by atoms with E-state index in [4.69, 9.17) is 21.1 Å². The molecule has 2 aromatic carbocycles. The number of carbonyl (C=O) groups is 1. The highest BCUT2D eigenvalue weighted by Gasteiger charge is 2.11. The second-order valence-electron chi connectivity index (χ2n) is 7.02. The molecule has 1 fully saturated rings. The van der Waals surface area contributed by atoms with Gasteiger partial charge in [0.1, 0.15) is 5.75 Å². The minimum Gasteiger partial charge on any atom is -0.494 e. The van der Waals surface area contributed by atoms with Crippen LogP contribution in [0.1, 0.15) is 24.0 Å². The molecule has 1 heterocycles. The Kier molecular flexibility index (Phi) is 7.18. The number of amides is 1. The van der Waals surface area contributed by atoms with Crippen LogP contribution in [-0.4, -0.2) is 38.8 Å². The van der Waals surface area contributed by atoms with Crippen molar-refractivity contribution in [1.29, 1.82) is 0 Å². The number of morpholine rings is 1. The number of nitrogens with zero attached hydrogens (tertiary/aromatic N) is 1. The second kappa shape index (κ2) is 9.80. The maximum Gasteiger partial charge on any atom is 0.224 e. The Balaban J connectivity index is 1.40. The zero-order valence-corrected chi connectivity index (χ0v) is 17.2. The number of ether oxygens (including phenoxy) is 2. The van der Waals surface area contributed by atoms with E-state index in [9.17, 15) is 4.79 Å². The first-order valence-corrected chi connectivity index (χ1v) is 10.0. The summed E-state index contributed by atoms with van der Waals surface area (Å²) < 4.78 is 11.1. The second-order valence-corrected chi connectivity index (χ2v) is 7.40. The molecular weight excluding hydrogens is 376 g/mol. The molecule has 0 bridgehead atoms. The third kappa shape index (κ3) is 5.63. The highest BCUT2D eigenvalue weighted by molar-refractivity contribution is 6.32. The van der Waals surface area contributed by atoms with Crippen molar-refractivity contribution in [3.05, 3.63) is 52.5 Å². The average Bonchev–Trinajstić information content (AvgIpc) is 2.70. The molecule has 0 unspecified atom stereocenters. The molecule has 0 spiro atoms. The summed E-state index contributed by atoms with van der Waals surface area (Å²) in [7, 11) is 0.